The number of sulfonamides is 1. The standard InChI is InChI=1S/C48H55FN8O5S2/c1-5-27-64(61,62)55-38-8-6-7-37(42(38)49)43-44(63-46(54-43)48(2,3)4)39-19-23-50-47(52-39)51-34-13-9-31(10-14-34)32-21-25-56(26-22-32)41(59)28-30-20-24-57(29-30)35-15-11-33(12-16-35)36-17-18-40(58)53-45(36)60/h6-16,19,23,30,32,36,55H,5,17-18,20-22,24-29H2,1-4H3,(H,50,51,52)(H,53,58,60)/t30-,36-/m0/s1. The fraction of sp³-hybridized carbons (Fsp3) is 0.417. The molecule has 8 rings (SSSR count). The van der Waals surface area contributed by atoms with Crippen LogP contribution in [0.25, 0.3) is 21.8 Å². The SMILES string of the molecule is CCCS(=O)(=O)Nc1cccc(-c2nc(C(C)(C)C)sc2-c2ccnc(Nc3ccc(C4CCN(C(=O)C[C@@H]5CCN(c6ccc([C@@H]7CCC(=O)NC7=O)cc6)C5)CC4)cc3)n2)c1F. The molecule has 3 aromatic carbocycles. The zero-order valence-electron chi connectivity index (χ0n) is 36.7. The van der Waals surface area contributed by atoms with E-state index in [4.69, 9.17) is 9.97 Å². The van der Waals surface area contributed by atoms with Gasteiger partial charge in [0.2, 0.25) is 33.7 Å². The molecule has 3 fully saturated rings. The molecule has 16 heteroatoms. The molecule has 13 nitrogen and oxygen atoms in total. The Bertz CT molecular complexity index is 2620. The van der Waals surface area contributed by atoms with Gasteiger partial charge in [-0.05, 0) is 97.5 Å². The van der Waals surface area contributed by atoms with Gasteiger partial charge in [0.15, 0.2) is 5.82 Å². The summed E-state index contributed by atoms with van der Waals surface area (Å²) < 4.78 is 43.5. The summed E-state index contributed by atoms with van der Waals surface area (Å²) in [5, 5.41) is 6.54. The lowest BCUT2D eigenvalue weighted by Gasteiger charge is -2.33. The van der Waals surface area contributed by atoms with Gasteiger partial charge in [0, 0.05) is 67.6 Å². The quantitative estimate of drug-likeness (QED) is 0.0973. The molecule has 0 radical (unpaired) electrons. The first-order valence-electron chi connectivity index (χ1n) is 22.1. The number of hydrogen-bond donors (Lipinski definition) is 3. The summed E-state index contributed by atoms with van der Waals surface area (Å²) >= 11 is 1.42. The van der Waals surface area contributed by atoms with Gasteiger partial charge in [-0.3, -0.25) is 24.4 Å². The molecule has 3 aliphatic rings. The van der Waals surface area contributed by atoms with Gasteiger partial charge in [-0.2, -0.15) is 0 Å². The van der Waals surface area contributed by atoms with Crippen LogP contribution in [0.4, 0.5) is 27.4 Å². The average Bonchev–Trinajstić information content (AvgIpc) is 3.94. The molecular formula is C48H55FN8O5S2. The summed E-state index contributed by atoms with van der Waals surface area (Å²) in [4.78, 5) is 56.5. The number of halogens is 1. The normalized spacial score (nSPS) is 18.6. The largest absolute Gasteiger partial charge is 0.371 e. The van der Waals surface area contributed by atoms with Crippen LogP contribution >= 0.6 is 11.3 Å². The van der Waals surface area contributed by atoms with Crippen LogP contribution in [-0.2, 0) is 29.8 Å². The van der Waals surface area contributed by atoms with Gasteiger partial charge in [-0.15, -0.1) is 11.3 Å². The molecule has 2 aromatic heterocycles. The third kappa shape index (κ3) is 10.3. The summed E-state index contributed by atoms with van der Waals surface area (Å²) in [5.74, 6) is -0.354. The third-order valence-corrected chi connectivity index (χ3v) is 15.3. The number of carbonyl (C=O) groups excluding carboxylic acids is 3. The molecule has 5 aromatic rings. The van der Waals surface area contributed by atoms with Gasteiger partial charge in [0.05, 0.1) is 38.6 Å². The van der Waals surface area contributed by atoms with Crippen LogP contribution in [0.1, 0.15) is 101 Å². The monoisotopic (exact) mass is 906 g/mol. The van der Waals surface area contributed by atoms with E-state index < -0.39 is 15.8 Å². The van der Waals surface area contributed by atoms with E-state index in [-0.39, 0.29) is 52.0 Å². The topological polar surface area (TPSA) is 167 Å². The minimum absolute atomic E-state index is 0.118. The van der Waals surface area contributed by atoms with Crippen LogP contribution in [0.15, 0.2) is 79.0 Å². The van der Waals surface area contributed by atoms with Gasteiger partial charge in [-0.25, -0.2) is 27.8 Å². The number of thiazole rings is 1. The molecule has 0 aliphatic carbocycles. The zero-order valence-corrected chi connectivity index (χ0v) is 38.3. The number of carbonyl (C=O) groups is 3. The molecule has 3 N–H and O–H groups in total. The van der Waals surface area contributed by atoms with Crippen molar-refractivity contribution < 1.29 is 27.2 Å². The zero-order chi connectivity index (χ0) is 45.2. The van der Waals surface area contributed by atoms with E-state index >= 15 is 4.39 Å². The van der Waals surface area contributed by atoms with Gasteiger partial charge in [0.25, 0.3) is 0 Å². The van der Waals surface area contributed by atoms with E-state index in [9.17, 15) is 22.8 Å². The number of piperidine rings is 2. The van der Waals surface area contributed by atoms with Gasteiger partial charge < -0.3 is 15.1 Å². The maximum atomic E-state index is 16.1. The second-order valence-corrected chi connectivity index (χ2v) is 20.9. The molecule has 0 unspecified atom stereocenters. The molecular weight excluding hydrogens is 852 g/mol. The molecule has 0 saturated carbocycles. The molecule has 3 amide bonds. The highest BCUT2D eigenvalue weighted by Gasteiger charge is 2.32. The summed E-state index contributed by atoms with van der Waals surface area (Å²) in [6.45, 7) is 11.0. The van der Waals surface area contributed by atoms with E-state index in [2.05, 4.69) is 37.4 Å². The van der Waals surface area contributed by atoms with Crippen molar-refractivity contribution in [3.63, 3.8) is 0 Å². The van der Waals surface area contributed by atoms with Crippen molar-refractivity contribution in [3.8, 4) is 21.8 Å². The number of anilines is 4. The summed E-state index contributed by atoms with van der Waals surface area (Å²) in [6, 6.07) is 22.7. The van der Waals surface area contributed by atoms with Gasteiger partial charge in [-0.1, -0.05) is 58.0 Å². The molecule has 336 valence electrons. The minimum atomic E-state index is -3.72. The highest BCUT2D eigenvalue weighted by Crippen LogP contribution is 2.42. The minimum Gasteiger partial charge on any atom is -0.371 e. The maximum Gasteiger partial charge on any atom is 0.234 e. The lowest BCUT2D eigenvalue weighted by atomic mass is 9.89. The predicted octanol–water partition coefficient (Wildman–Crippen LogP) is 8.74. The maximum absolute atomic E-state index is 16.1. The molecule has 2 atom stereocenters. The van der Waals surface area contributed by atoms with Crippen molar-refractivity contribution in [2.45, 2.75) is 89.9 Å². The van der Waals surface area contributed by atoms with Crippen LogP contribution in [-0.4, -0.2) is 77.9 Å². The van der Waals surface area contributed by atoms with Crippen molar-refractivity contribution in [1.29, 1.82) is 0 Å². The smallest absolute Gasteiger partial charge is 0.234 e. The number of rotatable bonds is 13. The summed E-state index contributed by atoms with van der Waals surface area (Å²) in [5.41, 5.74) is 4.67. The summed E-state index contributed by atoms with van der Waals surface area (Å²) in [7, 11) is -3.72. The van der Waals surface area contributed by atoms with Gasteiger partial charge >= 0.3 is 0 Å². The first-order valence-corrected chi connectivity index (χ1v) is 24.6. The molecule has 5 heterocycles. The van der Waals surface area contributed by atoms with Crippen LogP contribution in [0.5, 0.6) is 0 Å². The number of benzene rings is 3. The Morgan fingerprint density at radius 1 is 0.922 bits per heavy atom. The second kappa shape index (κ2) is 18.8. The number of nitrogens with zero attached hydrogens (tertiary/aromatic N) is 5. The Balaban J connectivity index is 0.861. The fourth-order valence-electron chi connectivity index (χ4n) is 8.79. The van der Waals surface area contributed by atoms with Crippen molar-refractivity contribution in [1.82, 2.24) is 25.2 Å². The van der Waals surface area contributed by atoms with Crippen molar-refractivity contribution in [3.05, 3.63) is 101 Å². The third-order valence-electron chi connectivity index (χ3n) is 12.3. The van der Waals surface area contributed by atoms with E-state index in [1.54, 1.807) is 31.3 Å². The number of aromatic nitrogens is 3. The first kappa shape index (κ1) is 44.9. The molecule has 3 aliphatic heterocycles. The highest BCUT2D eigenvalue weighted by atomic mass is 32.2. The highest BCUT2D eigenvalue weighted by molar-refractivity contribution is 7.92. The van der Waals surface area contributed by atoms with Crippen molar-refractivity contribution in [2.24, 2.45) is 5.92 Å². The van der Waals surface area contributed by atoms with E-state index in [1.807, 2.05) is 62.1 Å². The Morgan fingerprint density at radius 2 is 1.66 bits per heavy atom. The van der Waals surface area contributed by atoms with Crippen LogP contribution in [0, 0.1) is 11.7 Å². The first-order chi connectivity index (χ1) is 30.6. The number of likely N-dealkylation sites (tertiary alicyclic amines) is 1. The summed E-state index contributed by atoms with van der Waals surface area (Å²) in [6.07, 6.45) is 6.21. The Kier molecular flexibility index (Phi) is 13.2. The predicted molar refractivity (Wildman–Crippen MR) is 250 cm³/mol. The number of imide groups is 1. The van der Waals surface area contributed by atoms with Crippen LogP contribution in [0.2, 0.25) is 0 Å². The van der Waals surface area contributed by atoms with Crippen molar-refractivity contribution >= 4 is 62.1 Å². The molecule has 0 spiro atoms. The van der Waals surface area contributed by atoms with Gasteiger partial charge in [0.1, 0.15) is 0 Å². The molecule has 64 heavy (non-hydrogen) atoms. The van der Waals surface area contributed by atoms with E-state index in [1.165, 1.54) is 23.0 Å². The van der Waals surface area contributed by atoms with Crippen molar-refractivity contribution in [2.75, 3.05) is 46.9 Å². The number of nitrogens with one attached hydrogen (secondary N) is 3. The van der Waals surface area contributed by atoms with Crippen LogP contribution < -0.4 is 20.3 Å². The van der Waals surface area contributed by atoms with Crippen LogP contribution in [0.3, 0.4) is 0 Å². The second-order valence-electron chi connectivity index (χ2n) is 18.1. The average molecular weight is 907 g/mol. The Labute approximate surface area is 378 Å². The lowest BCUT2D eigenvalue weighted by molar-refractivity contribution is -0.135. The Hall–Kier alpha value is -5.74. The number of hydrogen-bond acceptors (Lipinski definition) is 11. The van der Waals surface area contributed by atoms with E-state index in [0.717, 1.165) is 67.4 Å². The fourth-order valence-corrected chi connectivity index (χ4v) is 11.0. The Morgan fingerprint density at radius 3 is 2.36 bits per heavy atom. The molecule has 0 bridgehead atoms. The lowest BCUT2D eigenvalue weighted by Crippen LogP contribution is -2.39. The molecule has 3 saturated heterocycles. The number of amides is 3. The van der Waals surface area contributed by atoms with E-state index in [0.29, 0.717) is 53.8 Å².